The van der Waals surface area contributed by atoms with Crippen molar-refractivity contribution in [2.24, 2.45) is 4.99 Å². The molecule has 0 saturated heterocycles. The number of hydrogen-bond acceptors (Lipinski definition) is 1. The standard InChI is InChI=1S/C41H29N/c1-27-20-25-34-36(26-27)39(33-17-9-8-16-32(33)38(34)28-12-4-2-5-13-28)29-21-23-30(24-22-29)40-35-18-10-11-19-37(35)42-41(40)31-14-6-3-7-15-31/h2-26,40H,1H3. The maximum atomic E-state index is 5.11. The first kappa shape index (κ1) is 24.5. The molecule has 1 nitrogen and oxygen atoms in total. The van der Waals surface area contributed by atoms with Crippen LogP contribution in [0, 0.1) is 6.92 Å². The predicted octanol–water partition coefficient (Wildman–Crippen LogP) is 10.9. The van der Waals surface area contributed by atoms with Crippen LogP contribution in [0.15, 0.2) is 157 Å². The Morgan fingerprint density at radius 3 is 1.71 bits per heavy atom. The highest BCUT2D eigenvalue weighted by atomic mass is 14.8. The van der Waals surface area contributed by atoms with Gasteiger partial charge >= 0.3 is 0 Å². The number of aliphatic imine (C=N–C) groups is 1. The molecule has 1 aliphatic heterocycles. The first-order chi connectivity index (χ1) is 20.8. The van der Waals surface area contributed by atoms with Gasteiger partial charge in [0.25, 0.3) is 0 Å². The summed E-state index contributed by atoms with van der Waals surface area (Å²) in [7, 11) is 0. The number of fused-ring (bicyclic) bond motifs is 3. The predicted molar refractivity (Wildman–Crippen MR) is 178 cm³/mol. The summed E-state index contributed by atoms with van der Waals surface area (Å²) in [5, 5.41) is 5.13. The third-order valence-electron chi connectivity index (χ3n) is 8.61. The van der Waals surface area contributed by atoms with Crippen LogP contribution in [0.1, 0.15) is 28.2 Å². The van der Waals surface area contributed by atoms with E-state index in [0.717, 1.165) is 11.4 Å². The van der Waals surface area contributed by atoms with Crippen LogP contribution in [-0.2, 0) is 0 Å². The summed E-state index contributed by atoms with van der Waals surface area (Å²) >= 11 is 0. The molecule has 7 aromatic rings. The van der Waals surface area contributed by atoms with E-state index >= 15 is 0 Å². The number of para-hydroxylation sites is 1. The summed E-state index contributed by atoms with van der Waals surface area (Å²) in [5.74, 6) is 0.105. The molecule has 7 aromatic carbocycles. The van der Waals surface area contributed by atoms with Gasteiger partial charge in [-0.15, -0.1) is 0 Å². The first-order valence-electron chi connectivity index (χ1n) is 14.6. The zero-order valence-corrected chi connectivity index (χ0v) is 23.5. The Balaban J connectivity index is 1.32. The van der Waals surface area contributed by atoms with Crippen LogP contribution >= 0.6 is 0 Å². The van der Waals surface area contributed by atoms with Gasteiger partial charge in [-0.1, -0.05) is 151 Å². The van der Waals surface area contributed by atoms with E-state index in [4.69, 9.17) is 4.99 Å². The van der Waals surface area contributed by atoms with E-state index < -0.39 is 0 Å². The molecule has 1 heteroatoms. The fourth-order valence-corrected chi connectivity index (χ4v) is 6.71. The normalized spacial score (nSPS) is 14.2. The van der Waals surface area contributed by atoms with Crippen LogP contribution in [0.3, 0.4) is 0 Å². The van der Waals surface area contributed by atoms with E-state index in [1.807, 2.05) is 0 Å². The van der Waals surface area contributed by atoms with Crippen molar-refractivity contribution >= 4 is 32.9 Å². The van der Waals surface area contributed by atoms with Gasteiger partial charge < -0.3 is 0 Å². The summed E-state index contributed by atoms with van der Waals surface area (Å²) in [6.45, 7) is 2.19. The van der Waals surface area contributed by atoms with Crippen molar-refractivity contribution in [2.75, 3.05) is 0 Å². The minimum absolute atomic E-state index is 0.105. The molecular formula is C41H29N. The topological polar surface area (TPSA) is 12.4 Å². The lowest BCUT2D eigenvalue weighted by Gasteiger charge is -2.19. The molecule has 0 fully saturated rings. The van der Waals surface area contributed by atoms with Gasteiger partial charge in [0.15, 0.2) is 0 Å². The monoisotopic (exact) mass is 535 g/mol. The number of benzene rings is 7. The van der Waals surface area contributed by atoms with E-state index in [9.17, 15) is 0 Å². The highest BCUT2D eigenvalue weighted by molar-refractivity contribution is 6.21. The fraction of sp³-hybridized carbons (Fsp3) is 0.0488. The Labute approximate surface area is 246 Å². The van der Waals surface area contributed by atoms with Crippen LogP contribution in [0.5, 0.6) is 0 Å². The third-order valence-corrected chi connectivity index (χ3v) is 8.61. The lowest BCUT2D eigenvalue weighted by molar-refractivity contribution is 1.11. The van der Waals surface area contributed by atoms with Gasteiger partial charge in [0.2, 0.25) is 0 Å². The smallest absolute Gasteiger partial charge is 0.0675 e. The molecule has 0 bridgehead atoms. The van der Waals surface area contributed by atoms with Crippen LogP contribution in [0.25, 0.3) is 43.8 Å². The van der Waals surface area contributed by atoms with Gasteiger partial charge in [-0.25, -0.2) is 0 Å². The Bertz CT molecular complexity index is 2120. The average Bonchev–Trinajstić information content (AvgIpc) is 3.44. The van der Waals surface area contributed by atoms with Crippen molar-refractivity contribution in [1.82, 2.24) is 0 Å². The molecule has 0 aliphatic carbocycles. The molecule has 1 aliphatic rings. The largest absolute Gasteiger partial charge is 0.252 e. The lowest BCUT2D eigenvalue weighted by atomic mass is 9.83. The van der Waals surface area contributed by atoms with E-state index in [1.165, 1.54) is 66.1 Å². The second-order valence-electron chi connectivity index (χ2n) is 11.2. The molecule has 1 heterocycles. The molecule has 42 heavy (non-hydrogen) atoms. The average molecular weight is 536 g/mol. The second kappa shape index (κ2) is 9.98. The number of hydrogen-bond donors (Lipinski definition) is 0. The van der Waals surface area contributed by atoms with Crippen molar-refractivity contribution in [3.05, 3.63) is 174 Å². The van der Waals surface area contributed by atoms with Gasteiger partial charge in [-0.05, 0) is 73.5 Å². The van der Waals surface area contributed by atoms with Gasteiger partial charge in [0, 0.05) is 0 Å². The number of nitrogens with zero attached hydrogens (tertiary/aromatic N) is 1. The maximum absolute atomic E-state index is 5.11. The zero-order valence-electron chi connectivity index (χ0n) is 23.5. The van der Waals surface area contributed by atoms with Gasteiger partial charge in [-0.3, -0.25) is 4.99 Å². The van der Waals surface area contributed by atoms with Gasteiger partial charge in [0.05, 0.1) is 17.3 Å². The highest BCUT2D eigenvalue weighted by Gasteiger charge is 2.29. The lowest BCUT2D eigenvalue weighted by Crippen LogP contribution is -2.11. The van der Waals surface area contributed by atoms with Crippen molar-refractivity contribution in [1.29, 1.82) is 0 Å². The minimum Gasteiger partial charge on any atom is -0.252 e. The minimum atomic E-state index is 0.105. The molecule has 0 N–H and O–H groups in total. The van der Waals surface area contributed by atoms with E-state index in [-0.39, 0.29) is 5.92 Å². The van der Waals surface area contributed by atoms with E-state index in [1.54, 1.807) is 0 Å². The summed E-state index contributed by atoms with van der Waals surface area (Å²) in [6, 6.07) is 54.9. The van der Waals surface area contributed by atoms with Crippen LogP contribution in [0.2, 0.25) is 0 Å². The molecule has 0 amide bonds. The molecule has 0 radical (unpaired) electrons. The Hall–Kier alpha value is -5.27. The van der Waals surface area contributed by atoms with Crippen LogP contribution in [-0.4, -0.2) is 5.71 Å². The fourth-order valence-electron chi connectivity index (χ4n) is 6.71. The summed E-state index contributed by atoms with van der Waals surface area (Å²) in [4.78, 5) is 5.11. The second-order valence-corrected chi connectivity index (χ2v) is 11.2. The van der Waals surface area contributed by atoms with Crippen molar-refractivity contribution < 1.29 is 0 Å². The molecule has 0 saturated carbocycles. The quantitative estimate of drug-likeness (QED) is 0.199. The number of rotatable bonds is 4. The van der Waals surface area contributed by atoms with E-state index in [2.05, 4.69) is 159 Å². The maximum Gasteiger partial charge on any atom is 0.0675 e. The van der Waals surface area contributed by atoms with Crippen LogP contribution < -0.4 is 0 Å². The summed E-state index contributed by atoms with van der Waals surface area (Å²) in [5.41, 5.74) is 12.2. The SMILES string of the molecule is Cc1ccc2c(-c3ccccc3)c3ccccc3c(-c3ccc(C4C(c5ccccc5)=Nc5ccccc54)cc3)c2c1. The van der Waals surface area contributed by atoms with Gasteiger partial charge in [-0.2, -0.15) is 0 Å². The van der Waals surface area contributed by atoms with E-state index in [0.29, 0.717) is 0 Å². The molecule has 0 spiro atoms. The third kappa shape index (κ3) is 3.97. The molecule has 1 atom stereocenters. The van der Waals surface area contributed by atoms with Crippen LogP contribution in [0.4, 0.5) is 5.69 Å². The molecule has 198 valence electrons. The van der Waals surface area contributed by atoms with Gasteiger partial charge in [0.1, 0.15) is 0 Å². The summed E-state index contributed by atoms with van der Waals surface area (Å²) in [6.07, 6.45) is 0. The van der Waals surface area contributed by atoms with Crippen molar-refractivity contribution in [2.45, 2.75) is 12.8 Å². The highest BCUT2D eigenvalue weighted by Crippen LogP contribution is 2.45. The van der Waals surface area contributed by atoms with Crippen molar-refractivity contribution in [3.8, 4) is 22.3 Å². The zero-order chi connectivity index (χ0) is 28.0. The molecular weight excluding hydrogens is 506 g/mol. The summed E-state index contributed by atoms with van der Waals surface area (Å²) < 4.78 is 0. The molecule has 8 rings (SSSR count). The molecule has 0 aromatic heterocycles. The first-order valence-corrected chi connectivity index (χ1v) is 14.6. The van der Waals surface area contributed by atoms with Crippen molar-refractivity contribution in [3.63, 3.8) is 0 Å². The number of aryl methyl sites for hydroxylation is 1. The molecule has 1 unspecified atom stereocenters. The Morgan fingerprint density at radius 1 is 0.452 bits per heavy atom. The Kier molecular flexibility index (Phi) is 5.82. The Morgan fingerprint density at radius 2 is 1.00 bits per heavy atom.